The Hall–Kier alpha value is -2.26. The molecule has 0 atom stereocenters. The summed E-state index contributed by atoms with van der Waals surface area (Å²) in [5.41, 5.74) is 5.03. The molecule has 4 heteroatoms. The maximum Gasteiger partial charge on any atom is 0.228 e. The van der Waals surface area contributed by atoms with Gasteiger partial charge < -0.3 is 10.3 Å². The summed E-state index contributed by atoms with van der Waals surface area (Å²) in [6.45, 7) is 4.03. The standard InChI is InChI=1S/C18H17ClN2O/c1-11-3-6-16(12(2)7-11)21-18(22)8-13-10-20-17-9-14(19)4-5-15(13)17/h3-7,9-10,20H,8H2,1-2H3,(H,21,22). The molecule has 3 aromatic rings. The van der Waals surface area contributed by atoms with E-state index in [0.29, 0.717) is 11.4 Å². The molecule has 3 rings (SSSR count). The van der Waals surface area contributed by atoms with Gasteiger partial charge in [0.05, 0.1) is 6.42 Å². The lowest BCUT2D eigenvalue weighted by atomic mass is 10.1. The van der Waals surface area contributed by atoms with Crippen molar-refractivity contribution in [3.8, 4) is 0 Å². The van der Waals surface area contributed by atoms with Crippen LogP contribution in [0.1, 0.15) is 16.7 Å². The van der Waals surface area contributed by atoms with E-state index in [1.165, 1.54) is 5.56 Å². The van der Waals surface area contributed by atoms with Gasteiger partial charge in [-0.1, -0.05) is 35.4 Å². The van der Waals surface area contributed by atoms with Crippen molar-refractivity contribution in [2.45, 2.75) is 20.3 Å². The molecule has 3 nitrogen and oxygen atoms in total. The van der Waals surface area contributed by atoms with E-state index in [1.807, 2.05) is 50.4 Å². The number of hydrogen-bond acceptors (Lipinski definition) is 1. The van der Waals surface area contributed by atoms with E-state index < -0.39 is 0 Å². The Balaban J connectivity index is 1.78. The zero-order valence-electron chi connectivity index (χ0n) is 12.5. The third-order valence-corrected chi connectivity index (χ3v) is 3.97. The predicted molar refractivity (Wildman–Crippen MR) is 91.6 cm³/mol. The van der Waals surface area contributed by atoms with Gasteiger partial charge in [0.2, 0.25) is 5.91 Å². The van der Waals surface area contributed by atoms with Crippen LogP contribution in [0, 0.1) is 13.8 Å². The summed E-state index contributed by atoms with van der Waals surface area (Å²) in [7, 11) is 0. The molecule has 0 saturated heterocycles. The molecule has 0 aliphatic rings. The number of rotatable bonds is 3. The summed E-state index contributed by atoms with van der Waals surface area (Å²) in [5, 5.41) is 4.68. The van der Waals surface area contributed by atoms with Crippen LogP contribution in [-0.2, 0) is 11.2 Å². The Kier molecular flexibility index (Phi) is 3.90. The molecule has 22 heavy (non-hydrogen) atoms. The van der Waals surface area contributed by atoms with Crippen molar-refractivity contribution < 1.29 is 4.79 Å². The molecule has 1 heterocycles. The average molecular weight is 313 g/mol. The summed E-state index contributed by atoms with van der Waals surface area (Å²) >= 11 is 5.97. The largest absolute Gasteiger partial charge is 0.361 e. The molecule has 1 aromatic heterocycles. The van der Waals surface area contributed by atoms with Gasteiger partial charge in [-0.2, -0.15) is 0 Å². The molecule has 0 bridgehead atoms. The van der Waals surface area contributed by atoms with Gasteiger partial charge in [0, 0.05) is 27.8 Å². The number of carbonyl (C=O) groups is 1. The molecule has 2 aromatic carbocycles. The number of anilines is 1. The van der Waals surface area contributed by atoms with Gasteiger partial charge in [0.25, 0.3) is 0 Å². The first kappa shape index (κ1) is 14.7. The molecule has 0 saturated carbocycles. The van der Waals surface area contributed by atoms with Gasteiger partial charge in [0.1, 0.15) is 0 Å². The lowest BCUT2D eigenvalue weighted by molar-refractivity contribution is -0.115. The highest BCUT2D eigenvalue weighted by Gasteiger charge is 2.10. The third kappa shape index (κ3) is 3.00. The molecular weight excluding hydrogens is 296 g/mol. The maximum atomic E-state index is 12.3. The quantitative estimate of drug-likeness (QED) is 0.728. The van der Waals surface area contributed by atoms with Crippen molar-refractivity contribution in [1.29, 1.82) is 0 Å². The summed E-state index contributed by atoms with van der Waals surface area (Å²) in [6, 6.07) is 11.6. The van der Waals surface area contributed by atoms with Crippen molar-refractivity contribution in [3.63, 3.8) is 0 Å². The maximum absolute atomic E-state index is 12.3. The molecule has 0 spiro atoms. The monoisotopic (exact) mass is 312 g/mol. The minimum absolute atomic E-state index is 0.0252. The van der Waals surface area contributed by atoms with Crippen molar-refractivity contribution >= 4 is 34.1 Å². The van der Waals surface area contributed by atoms with E-state index in [-0.39, 0.29) is 5.91 Å². The van der Waals surface area contributed by atoms with Gasteiger partial charge in [-0.3, -0.25) is 4.79 Å². The molecule has 1 amide bonds. The van der Waals surface area contributed by atoms with Crippen LogP contribution in [0.5, 0.6) is 0 Å². The van der Waals surface area contributed by atoms with E-state index in [0.717, 1.165) is 27.7 Å². The number of H-pyrrole nitrogens is 1. The van der Waals surface area contributed by atoms with Gasteiger partial charge in [-0.05, 0) is 43.2 Å². The smallest absolute Gasteiger partial charge is 0.228 e. The molecule has 2 N–H and O–H groups in total. The SMILES string of the molecule is Cc1ccc(NC(=O)Cc2c[nH]c3cc(Cl)ccc23)c(C)c1. The summed E-state index contributed by atoms with van der Waals surface area (Å²) < 4.78 is 0. The lowest BCUT2D eigenvalue weighted by Crippen LogP contribution is -2.15. The highest BCUT2D eigenvalue weighted by molar-refractivity contribution is 6.31. The molecule has 0 aliphatic heterocycles. The highest BCUT2D eigenvalue weighted by atomic mass is 35.5. The Morgan fingerprint density at radius 1 is 1.18 bits per heavy atom. The highest BCUT2D eigenvalue weighted by Crippen LogP contribution is 2.23. The van der Waals surface area contributed by atoms with Gasteiger partial charge >= 0.3 is 0 Å². The molecule has 112 valence electrons. The van der Waals surface area contributed by atoms with Crippen molar-refractivity contribution in [1.82, 2.24) is 4.98 Å². The fourth-order valence-corrected chi connectivity index (χ4v) is 2.80. The number of hydrogen-bond donors (Lipinski definition) is 2. The Bertz CT molecular complexity index is 851. The fraction of sp³-hybridized carbons (Fsp3) is 0.167. The van der Waals surface area contributed by atoms with Gasteiger partial charge in [-0.15, -0.1) is 0 Å². The summed E-state index contributed by atoms with van der Waals surface area (Å²) in [6.07, 6.45) is 2.19. The first-order valence-corrected chi connectivity index (χ1v) is 7.53. The second-order valence-electron chi connectivity index (χ2n) is 5.55. The first-order valence-electron chi connectivity index (χ1n) is 7.15. The molecule has 0 radical (unpaired) electrons. The number of carbonyl (C=O) groups excluding carboxylic acids is 1. The molecule has 0 aliphatic carbocycles. The number of nitrogens with one attached hydrogen (secondary N) is 2. The predicted octanol–water partition coefficient (Wildman–Crippen LogP) is 4.62. The van der Waals surface area contributed by atoms with Crippen LogP contribution in [-0.4, -0.2) is 10.9 Å². The fourth-order valence-electron chi connectivity index (χ4n) is 2.63. The number of aryl methyl sites for hydroxylation is 2. The second-order valence-corrected chi connectivity index (χ2v) is 5.98. The lowest BCUT2D eigenvalue weighted by Gasteiger charge is -2.09. The minimum Gasteiger partial charge on any atom is -0.361 e. The number of aromatic nitrogens is 1. The Morgan fingerprint density at radius 2 is 2.00 bits per heavy atom. The van der Waals surface area contributed by atoms with Crippen LogP contribution in [0.3, 0.4) is 0 Å². The third-order valence-electron chi connectivity index (χ3n) is 3.74. The first-order chi connectivity index (χ1) is 10.5. The van der Waals surface area contributed by atoms with Crippen LogP contribution in [0.4, 0.5) is 5.69 Å². The second kappa shape index (κ2) is 5.85. The van der Waals surface area contributed by atoms with E-state index in [9.17, 15) is 4.79 Å². The van der Waals surface area contributed by atoms with Crippen LogP contribution in [0.2, 0.25) is 5.02 Å². The van der Waals surface area contributed by atoms with Crippen molar-refractivity contribution in [2.24, 2.45) is 0 Å². The summed E-state index contributed by atoms with van der Waals surface area (Å²) in [4.78, 5) is 15.4. The van der Waals surface area contributed by atoms with E-state index >= 15 is 0 Å². The van der Waals surface area contributed by atoms with Crippen molar-refractivity contribution in [3.05, 3.63) is 64.3 Å². The van der Waals surface area contributed by atoms with Gasteiger partial charge in [0.15, 0.2) is 0 Å². The number of amides is 1. The van der Waals surface area contributed by atoms with E-state index in [4.69, 9.17) is 11.6 Å². The minimum atomic E-state index is -0.0252. The molecular formula is C18H17ClN2O. The zero-order chi connectivity index (χ0) is 15.7. The number of aromatic amines is 1. The van der Waals surface area contributed by atoms with E-state index in [1.54, 1.807) is 0 Å². The van der Waals surface area contributed by atoms with Crippen LogP contribution < -0.4 is 5.32 Å². The number of halogens is 1. The normalized spacial score (nSPS) is 10.9. The Morgan fingerprint density at radius 3 is 2.77 bits per heavy atom. The van der Waals surface area contributed by atoms with Crippen LogP contribution in [0.15, 0.2) is 42.6 Å². The van der Waals surface area contributed by atoms with Gasteiger partial charge in [-0.25, -0.2) is 0 Å². The molecule has 0 fully saturated rings. The van der Waals surface area contributed by atoms with Crippen LogP contribution in [0.25, 0.3) is 10.9 Å². The number of fused-ring (bicyclic) bond motifs is 1. The van der Waals surface area contributed by atoms with Crippen molar-refractivity contribution in [2.75, 3.05) is 5.32 Å². The molecule has 0 unspecified atom stereocenters. The zero-order valence-corrected chi connectivity index (χ0v) is 13.3. The van der Waals surface area contributed by atoms with Crippen LogP contribution >= 0.6 is 11.6 Å². The Labute approximate surface area is 134 Å². The van der Waals surface area contributed by atoms with E-state index in [2.05, 4.69) is 16.4 Å². The average Bonchev–Trinajstić information content (AvgIpc) is 2.84. The topological polar surface area (TPSA) is 44.9 Å². The number of benzene rings is 2. The summed E-state index contributed by atoms with van der Waals surface area (Å²) in [5.74, 6) is -0.0252.